The summed E-state index contributed by atoms with van der Waals surface area (Å²) in [6.45, 7) is 9.90. The fourth-order valence-corrected chi connectivity index (χ4v) is 3.35. The van der Waals surface area contributed by atoms with Crippen molar-refractivity contribution in [3.05, 3.63) is 22.4 Å². The van der Waals surface area contributed by atoms with Crippen LogP contribution in [0.1, 0.15) is 32.5 Å². The molecule has 0 spiro atoms. The third-order valence-electron chi connectivity index (χ3n) is 3.76. The van der Waals surface area contributed by atoms with E-state index in [4.69, 9.17) is 0 Å². The Morgan fingerprint density at radius 3 is 2.84 bits per heavy atom. The fourth-order valence-electron chi connectivity index (χ4n) is 2.67. The van der Waals surface area contributed by atoms with Crippen molar-refractivity contribution in [3.63, 3.8) is 0 Å². The maximum atomic E-state index is 12.1. The Hall–Kier alpha value is -0.910. The number of hydrogen-bond acceptors (Lipinski definition) is 4. The van der Waals surface area contributed by atoms with Gasteiger partial charge in [0.05, 0.1) is 6.54 Å². The molecule has 1 N–H and O–H groups in total. The number of carbonyl (C=O) groups excluding carboxylic acids is 1. The predicted octanol–water partition coefficient (Wildman–Crippen LogP) is 1.91. The monoisotopic (exact) mass is 281 g/mol. The normalized spacial score (nSPS) is 21.4. The lowest BCUT2D eigenvalue weighted by Crippen LogP contribution is -2.44. The summed E-state index contributed by atoms with van der Waals surface area (Å²) in [6.07, 6.45) is 0.0457. The maximum Gasteiger partial charge on any atom is 0.238 e. The quantitative estimate of drug-likeness (QED) is 0.865. The van der Waals surface area contributed by atoms with E-state index in [9.17, 15) is 4.79 Å². The summed E-state index contributed by atoms with van der Waals surface area (Å²) in [5, 5.41) is 7.49. The average molecular weight is 281 g/mol. The van der Waals surface area contributed by atoms with Gasteiger partial charge in [0, 0.05) is 12.6 Å². The molecule has 0 aromatic carbocycles. The number of amides is 1. The zero-order valence-electron chi connectivity index (χ0n) is 11.9. The Morgan fingerprint density at radius 2 is 2.26 bits per heavy atom. The van der Waals surface area contributed by atoms with Crippen molar-refractivity contribution in [1.82, 2.24) is 15.1 Å². The molecule has 1 saturated heterocycles. The summed E-state index contributed by atoms with van der Waals surface area (Å²) in [5.41, 5.74) is 1.20. The summed E-state index contributed by atoms with van der Waals surface area (Å²) in [7, 11) is 0. The van der Waals surface area contributed by atoms with Gasteiger partial charge < -0.3 is 9.80 Å². The molecule has 4 nitrogen and oxygen atoms in total. The van der Waals surface area contributed by atoms with E-state index >= 15 is 0 Å². The van der Waals surface area contributed by atoms with Gasteiger partial charge in [-0.2, -0.15) is 11.3 Å². The van der Waals surface area contributed by atoms with Gasteiger partial charge in [0.1, 0.15) is 6.17 Å². The summed E-state index contributed by atoms with van der Waals surface area (Å²) in [6, 6.07) is 2.32. The lowest BCUT2D eigenvalue weighted by atomic mass is 10.2. The van der Waals surface area contributed by atoms with Crippen LogP contribution in [0.4, 0.5) is 0 Å². The van der Waals surface area contributed by atoms with Gasteiger partial charge in [0.2, 0.25) is 5.91 Å². The first-order valence-corrected chi connectivity index (χ1v) is 7.90. The molecule has 0 aliphatic carbocycles. The molecule has 1 aliphatic rings. The largest absolute Gasteiger partial charge is 0.318 e. The van der Waals surface area contributed by atoms with Gasteiger partial charge in [0.25, 0.3) is 0 Å². The van der Waals surface area contributed by atoms with Gasteiger partial charge in [0.15, 0.2) is 0 Å². The number of nitrogens with one attached hydrogen (secondary N) is 1. The van der Waals surface area contributed by atoms with Gasteiger partial charge in [-0.1, -0.05) is 13.8 Å². The highest BCUT2D eigenvalue weighted by Gasteiger charge is 2.35. The van der Waals surface area contributed by atoms with Crippen molar-refractivity contribution in [2.24, 2.45) is 0 Å². The van der Waals surface area contributed by atoms with Crippen LogP contribution in [0.25, 0.3) is 0 Å². The van der Waals surface area contributed by atoms with Gasteiger partial charge in [-0.05, 0) is 42.4 Å². The zero-order chi connectivity index (χ0) is 13.8. The minimum Gasteiger partial charge on any atom is -0.318 e. The van der Waals surface area contributed by atoms with Crippen LogP contribution in [0, 0.1) is 0 Å². The van der Waals surface area contributed by atoms with Crippen molar-refractivity contribution in [1.29, 1.82) is 0 Å². The highest BCUT2D eigenvalue weighted by molar-refractivity contribution is 7.07. The van der Waals surface area contributed by atoms with Crippen LogP contribution in [0.15, 0.2) is 16.8 Å². The van der Waals surface area contributed by atoms with Crippen LogP contribution in [0.2, 0.25) is 0 Å². The number of likely N-dealkylation sites (N-methyl/N-ethyl adjacent to an activating group) is 1. The van der Waals surface area contributed by atoms with E-state index < -0.39 is 0 Å². The van der Waals surface area contributed by atoms with E-state index in [-0.39, 0.29) is 18.1 Å². The van der Waals surface area contributed by atoms with Crippen molar-refractivity contribution in [2.75, 3.05) is 26.2 Å². The van der Waals surface area contributed by atoms with E-state index in [0.717, 1.165) is 19.6 Å². The minimum absolute atomic E-state index is 0.0457. The van der Waals surface area contributed by atoms with Crippen molar-refractivity contribution in [3.8, 4) is 0 Å². The molecule has 106 valence electrons. The number of carbonyl (C=O) groups is 1. The standard InChI is InChI=1S/C14H23N3OS/c1-4-16(5-2)9-11(3)17-13(18)8-15-14(17)12-6-7-19-10-12/h6-7,10-11,14-15H,4-5,8-9H2,1-3H3. The summed E-state index contributed by atoms with van der Waals surface area (Å²) in [5.74, 6) is 0.204. The molecule has 1 aliphatic heterocycles. The fraction of sp³-hybridized carbons (Fsp3) is 0.643. The number of rotatable bonds is 6. The van der Waals surface area contributed by atoms with Crippen LogP contribution in [-0.4, -0.2) is 47.9 Å². The summed E-state index contributed by atoms with van der Waals surface area (Å²) < 4.78 is 0. The molecule has 19 heavy (non-hydrogen) atoms. The molecular formula is C14H23N3OS. The second kappa shape index (κ2) is 6.50. The number of thiophene rings is 1. The maximum absolute atomic E-state index is 12.1. The molecule has 0 bridgehead atoms. The van der Waals surface area contributed by atoms with Crippen LogP contribution in [0.5, 0.6) is 0 Å². The number of hydrogen-bond donors (Lipinski definition) is 1. The molecular weight excluding hydrogens is 258 g/mol. The van der Waals surface area contributed by atoms with Crippen molar-refractivity contribution >= 4 is 17.2 Å². The third-order valence-corrected chi connectivity index (χ3v) is 4.46. The second-order valence-corrected chi connectivity index (χ2v) is 5.76. The van der Waals surface area contributed by atoms with Gasteiger partial charge in [-0.25, -0.2) is 0 Å². The SMILES string of the molecule is CCN(CC)CC(C)N1C(=O)CNC1c1ccsc1. The first kappa shape index (κ1) is 14.5. The highest BCUT2D eigenvalue weighted by Crippen LogP contribution is 2.26. The van der Waals surface area contributed by atoms with E-state index in [1.165, 1.54) is 5.56 Å². The Labute approximate surface area is 119 Å². The van der Waals surface area contributed by atoms with Crippen LogP contribution in [-0.2, 0) is 4.79 Å². The van der Waals surface area contributed by atoms with Gasteiger partial charge in [-0.15, -0.1) is 0 Å². The topological polar surface area (TPSA) is 35.6 Å². The molecule has 2 rings (SSSR count). The lowest BCUT2D eigenvalue weighted by Gasteiger charge is -2.33. The predicted molar refractivity (Wildman–Crippen MR) is 79.2 cm³/mol. The van der Waals surface area contributed by atoms with Gasteiger partial charge in [-0.3, -0.25) is 10.1 Å². The molecule has 1 aromatic heterocycles. The Kier molecular flexibility index (Phi) is 4.96. The zero-order valence-corrected chi connectivity index (χ0v) is 12.7. The first-order chi connectivity index (χ1) is 9.17. The van der Waals surface area contributed by atoms with Gasteiger partial charge >= 0.3 is 0 Å². The van der Waals surface area contributed by atoms with E-state index in [0.29, 0.717) is 6.54 Å². The summed E-state index contributed by atoms with van der Waals surface area (Å²) in [4.78, 5) is 16.5. The molecule has 2 atom stereocenters. The van der Waals surface area contributed by atoms with Crippen molar-refractivity contribution in [2.45, 2.75) is 33.0 Å². The molecule has 2 unspecified atom stereocenters. The molecule has 1 aromatic rings. The van der Waals surface area contributed by atoms with Crippen molar-refractivity contribution < 1.29 is 4.79 Å². The molecule has 2 heterocycles. The van der Waals surface area contributed by atoms with E-state index in [2.05, 4.69) is 47.8 Å². The molecule has 1 fully saturated rings. The van der Waals surface area contributed by atoms with E-state index in [1.807, 2.05) is 4.90 Å². The Balaban J connectivity index is 2.09. The summed E-state index contributed by atoms with van der Waals surface area (Å²) >= 11 is 1.68. The first-order valence-electron chi connectivity index (χ1n) is 6.96. The van der Waals surface area contributed by atoms with E-state index in [1.54, 1.807) is 11.3 Å². The Morgan fingerprint density at radius 1 is 1.53 bits per heavy atom. The highest BCUT2D eigenvalue weighted by atomic mass is 32.1. The Bertz CT molecular complexity index is 403. The van der Waals surface area contributed by atoms with Crippen LogP contribution >= 0.6 is 11.3 Å². The molecule has 5 heteroatoms. The van der Waals surface area contributed by atoms with Crippen LogP contribution < -0.4 is 5.32 Å². The second-order valence-electron chi connectivity index (χ2n) is 4.98. The molecule has 0 saturated carbocycles. The molecule has 1 amide bonds. The average Bonchev–Trinajstić information content (AvgIpc) is 3.04. The third kappa shape index (κ3) is 3.16. The minimum atomic E-state index is 0.0457. The lowest BCUT2D eigenvalue weighted by molar-refractivity contribution is -0.130. The molecule has 0 radical (unpaired) electrons. The number of nitrogens with zero attached hydrogens (tertiary/aromatic N) is 2. The van der Waals surface area contributed by atoms with Crippen LogP contribution in [0.3, 0.4) is 0 Å². The smallest absolute Gasteiger partial charge is 0.238 e.